The van der Waals surface area contributed by atoms with Gasteiger partial charge in [-0.15, -0.1) is 0 Å². The minimum Gasteiger partial charge on any atom is -0.508 e. The molecule has 0 aliphatic heterocycles. The summed E-state index contributed by atoms with van der Waals surface area (Å²) in [6, 6.07) is 54.3. The van der Waals surface area contributed by atoms with Gasteiger partial charge in [-0.2, -0.15) is 0 Å². The monoisotopic (exact) mass is 630 g/mol. The summed E-state index contributed by atoms with van der Waals surface area (Å²) in [5.41, 5.74) is 5.89. The van der Waals surface area contributed by atoms with E-state index in [9.17, 15) is 20.4 Å². The van der Waals surface area contributed by atoms with Crippen molar-refractivity contribution < 1.29 is 20.4 Å². The minimum atomic E-state index is -0.428. The molecular weight excluding hydrogens is 592 g/mol. The van der Waals surface area contributed by atoms with Gasteiger partial charge in [0.2, 0.25) is 0 Å². The molecule has 7 aromatic carbocycles. The second kappa shape index (κ2) is 13.4. The molecule has 48 heavy (non-hydrogen) atoms. The number of aromatic hydroxyl groups is 4. The Bertz CT molecular complexity index is 2000. The van der Waals surface area contributed by atoms with Crippen molar-refractivity contribution in [1.29, 1.82) is 0 Å². The highest BCUT2D eigenvalue weighted by Gasteiger charge is 2.33. The highest BCUT2D eigenvalue weighted by atomic mass is 16.3. The van der Waals surface area contributed by atoms with E-state index in [4.69, 9.17) is 0 Å². The number of hydrogen-bond donors (Lipinski definition) is 4. The van der Waals surface area contributed by atoms with Crippen molar-refractivity contribution >= 4 is 10.8 Å². The van der Waals surface area contributed by atoms with Crippen LogP contribution in [0, 0.1) is 0 Å². The highest BCUT2D eigenvalue weighted by Crippen LogP contribution is 2.43. The van der Waals surface area contributed by atoms with Crippen LogP contribution in [-0.2, 0) is 10.8 Å². The quantitative estimate of drug-likeness (QED) is 0.138. The summed E-state index contributed by atoms with van der Waals surface area (Å²) in [7, 11) is 0. The zero-order valence-corrected chi connectivity index (χ0v) is 27.0. The van der Waals surface area contributed by atoms with Gasteiger partial charge in [-0.1, -0.05) is 121 Å². The van der Waals surface area contributed by atoms with E-state index in [1.165, 1.54) is 16.3 Å². The lowest BCUT2D eigenvalue weighted by Crippen LogP contribution is -2.25. The van der Waals surface area contributed by atoms with Gasteiger partial charge in [-0.05, 0) is 107 Å². The Labute approximate surface area is 281 Å². The largest absolute Gasteiger partial charge is 0.508 e. The molecule has 238 valence electrons. The molecule has 7 rings (SSSR count). The van der Waals surface area contributed by atoms with Crippen LogP contribution in [0.25, 0.3) is 10.8 Å². The Kier molecular flexibility index (Phi) is 8.91. The maximum absolute atomic E-state index is 9.74. The van der Waals surface area contributed by atoms with Gasteiger partial charge in [-0.25, -0.2) is 0 Å². The molecule has 0 heterocycles. The summed E-state index contributed by atoms with van der Waals surface area (Å²) in [4.78, 5) is 0. The van der Waals surface area contributed by atoms with E-state index in [0.29, 0.717) is 0 Å². The smallest absolute Gasteiger partial charge is 0.115 e. The predicted octanol–water partition coefficient (Wildman–Crippen LogP) is 10.1. The molecule has 0 aliphatic carbocycles. The van der Waals surface area contributed by atoms with E-state index in [1.807, 2.05) is 72.8 Å². The molecule has 0 aliphatic rings. The van der Waals surface area contributed by atoms with Crippen LogP contribution in [0.2, 0.25) is 0 Å². The zero-order valence-electron chi connectivity index (χ0n) is 27.0. The topological polar surface area (TPSA) is 80.9 Å². The Hall–Kier alpha value is -6.00. The van der Waals surface area contributed by atoms with Crippen molar-refractivity contribution in [2.45, 2.75) is 24.7 Å². The van der Waals surface area contributed by atoms with Crippen molar-refractivity contribution in [3.8, 4) is 23.0 Å². The van der Waals surface area contributed by atoms with Gasteiger partial charge in [0.1, 0.15) is 23.0 Å². The molecule has 0 bridgehead atoms. The molecular formula is C44H38O4. The zero-order chi connectivity index (χ0) is 33.7. The molecule has 0 amide bonds. The fraction of sp³-hybridized carbons (Fsp3) is 0.0909. The van der Waals surface area contributed by atoms with Gasteiger partial charge in [-0.3, -0.25) is 0 Å². The fourth-order valence-electron chi connectivity index (χ4n) is 6.59. The molecule has 4 N–H and O–H groups in total. The summed E-state index contributed by atoms with van der Waals surface area (Å²) in [5, 5.41) is 41.0. The van der Waals surface area contributed by atoms with Crippen molar-refractivity contribution in [2.75, 3.05) is 0 Å². The lowest BCUT2D eigenvalue weighted by atomic mass is 9.70. The number of benzene rings is 7. The SMILES string of the molecule is CC(c1ccc(O)cc1)(c1ccc(O)cc1)c1cccc2ccccc12.CC(c1ccccc1)(c1ccc(O)cc1)c1ccc(O)cc1. The summed E-state index contributed by atoms with van der Waals surface area (Å²) >= 11 is 0. The maximum Gasteiger partial charge on any atom is 0.115 e. The summed E-state index contributed by atoms with van der Waals surface area (Å²) in [6.45, 7) is 4.34. The first-order chi connectivity index (χ1) is 23.2. The molecule has 0 atom stereocenters. The maximum atomic E-state index is 9.74. The number of phenolic OH excluding ortho intramolecular Hbond substituents is 4. The summed E-state index contributed by atoms with van der Waals surface area (Å²) in [6.07, 6.45) is 0. The van der Waals surface area contributed by atoms with Crippen LogP contribution in [-0.4, -0.2) is 20.4 Å². The molecule has 4 heteroatoms. The third-order valence-electron chi connectivity index (χ3n) is 9.46. The van der Waals surface area contributed by atoms with Crippen LogP contribution in [0.15, 0.2) is 170 Å². The van der Waals surface area contributed by atoms with Gasteiger partial charge < -0.3 is 20.4 Å². The summed E-state index contributed by atoms with van der Waals surface area (Å²) in [5.74, 6) is 1.01. The van der Waals surface area contributed by atoms with E-state index < -0.39 is 5.41 Å². The Morgan fingerprint density at radius 2 is 0.646 bits per heavy atom. The average Bonchev–Trinajstić information content (AvgIpc) is 3.12. The van der Waals surface area contributed by atoms with E-state index in [2.05, 4.69) is 62.4 Å². The molecule has 0 unspecified atom stereocenters. The second-order valence-electron chi connectivity index (χ2n) is 12.3. The van der Waals surface area contributed by atoms with Gasteiger partial charge >= 0.3 is 0 Å². The lowest BCUT2D eigenvalue weighted by molar-refractivity contribution is 0.473. The predicted molar refractivity (Wildman–Crippen MR) is 194 cm³/mol. The Morgan fingerprint density at radius 1 is 0.312 bits per heavy atom. The fourth-order valence-corrected chi connectivity index (χ4v) is 6.59. The second-order valence-corrected chi connectivity index (χ2v) is 12.3. The van der Waals surface area contributed by atoms with E-state index in [-0.39, 0.29) is 28.4 Å². The van der Waals surface area contributed by atoms with Crippen molar-refractivity contribution in [3.05, 3.63) is 203 Å². The third kappa shape index (κ3) is 6.21. The first-order valence-corrected chi connectivity index (χ1v) is 15.9. The lowest BCUT2D eigenvalue weighted by Gasteiger charge is -2.33. The number of fused-ring (bicyclic) bond motifs is 1. The van der Waals surface area contributed by atoms with Crippen LogP contribution >= 0.6 is 0 Å². The van der Waals surface area contributed by atoms with E-state index >= 15 is 0 Å². The highest BCUT2D eigenvalue weighted by molar-refractivity contribution is 5.88. The normalized spacial score (nSPS) is 11.5. The van der Waals surface area contributed by atoms with Crippen molar-refractivity contribution in [1.82, 2.24) is 0 Å². The molecule has 4 nitrogen and oxygen atoms in total. The van der Waals surface area contributed by atoms with Crippen LogP contribution < -0.4 is 0 Å². The minimum absolute atomic E-state index is 0.250. The standard InChI is InChI=1S/C24H20O2.C20H18O2/c1-24(18-9-13-20(25)14-10-18,19-11-15-21(26)16-12-19)23-8-4-6-17-5-2-3-7-22(17)23;1-20(15-5-3-2-4-6-15,16-7-11-18(21)12-8-16)17-9-13-19(22)14-10-17/h2-16,25-26H,1H3;2-14,21-22H,1H3. The van der Waals surface area contributed by atoms with Gasteiger partial charge in [0.15, 0.2) is 0 Å². The van der Waals surface area contributed by atoms with Crippen LogP contribution in [0.4, 0.5) is 0 Å². The summed E-state index contributed by atoms with van der Waals surface area (Å²) < 4.78 is 0. The van der Waals surface area contributed by atoms with Crippen molar-refractivity contribution in [3.63, 3.8) is 0 Å². The molecule has 0 radical (unpaired) electrons. The van der Waals surface area contributed by atoms with Crippen LogP contribution in [0.3, 0.4) is 0 Å². The molecule has 0 aromatic heterocycles. The van der Waals surface area contributed by atoms with E-state index in [0.717, 1.165) is 27.8 Å². The first kappa shape index (κ1) is 32.0. The van der Waals surface area contributed by atoms with Gasteiger partial charge in [0.25, 0.3) is 0 Å². The van der Waals surface area contributed by atoms with Crippen LogP contribution in [0.5, 0.6) is 23.0 Å². The Morgan fingerprint density at radius 3 is 1.08 bits per heavy atom. The molecule has 0 saturated carbocycles. The van der Waals surface area contributed by atoms with Crippen LogP contribution in [0.1, 0.15) is 47.2 Å². The Balaban J connectivity index is 0.000000170. The number of hydrogen-bond acceptors (Lipinski definition) is 4. The third-order valence-corrected chi connectivity index (χ3v) is 9.46. The van der Waals surface area contributed by atoms with E-state index in [1.54, 1.807) is 48.5 Å². The van der Waals surface area contributed by atoms with Gasteiger partial charge in [0.05, 0.1) is 0 Å². The number of rotatable bonds is 6. The molecule has 0 fully saturated rings. The molecule has 7 aromatic rings. The number of phenols is 4. The first-order valence-electron chi connectivity index (χ1n) is 15.9. The van der Waals surface area contributed by atoms with Gasteiger partial charge in [0, 0.05) is 10.8 Å². The molecule has 0 spiro atoms. The average molecular weight is 631 g/mol. The van der Waals surface area contributed by atoms with Crippen molar-refractivity contribution in [2.24, 2.45) is 0 Å². The molecule has 0 saturated heterocycles.